The number of benzene rings is 2. The Morgan fingerprint density at radius 3 is 2.00 bits per heavy atom. The third-order valence-electron chi connectivity index (χ3n) is 4.26. The second kappa shape index (κ2) is 8.44. The second-order valence-electron chi connectivity index (χ2n) is 6.73. The Morgan fingerprint density at radius 2 is 1.46 bits per heavy atom. The monoisotopic (exact) mass is 450 g/mol. The van der Waals surface area contributed by atoms with E-state index in [4.69, 9.17) is 0 Å². The predicted octanol–water partition coefficient (Wildman–Crippen LogP) is 7.02. The lowest BCUT2D eigenvalue weighted by Gasteiger charge is -2.20. The van der Waals surface area contributed by atoms with E-state index in [9.17, 15) is 4.79 Å². The number of Topliss-reactive ketones (excluding diaryl/α,β-unsaturated/α-hetero) is 1. The van der Waals surface area contributed by atoms with Gasteiger partial charge in [0.05, 0.1) is 9.65 Å². The van der Waals surface area contributed by atoms with Gasteiger partial charge in [-0.05, 0) is 28.5 Å². The fourth-order valence-electron chi connectivity index (χ4n) is 2.73. The van der Waals surface area contributed by atoms with Crippen LogP contribution in [-0.2, 0) is 0 Å². The van der Waals surface area contributed by atoms with Crippen molar-refractivity contribution in [2.75, 3.05) is 0 Å². The molecule has 3 heteroatoms. The molecule has 24 heavy (non-hydrogen) atoms. The lowest BCUT2D eigenvalue weighted by molar-refractivity contribution is 0.0989. The molecule has 0 radical (unpaired) electrons. The summed E-state index contributed by atoms with van der Waals surface area (Å²) in [7, 11) is 0. The summed E-state index contributed by atoms with van der Waals surface area (Å²) in [6.07, 6.45) is 0. The number of alkyl halides is 2. The van der Waals surface area contributed by atoms with Gasteiger partial charge in [-0.2, -0.15) is 0 Å². The van der Waals surface area contributed by atoms with E-state index < -0.39 is 0 Å². The minimum Gasteiger partial charge on any atom is -0.293 e. The average Bonchev–Trinajstić information content (AvgIpc) is 2.59. The average molecular weight is 452 g/mol. The van der Waals surface area contributed by atoms with E-state index in [1.165, 1.54) is 5.56 Å². The quantitative estimate of drug-likeness (QED) is 0.340. The summed E-state index contributed by atoms with van der Waals surface area (Å²) in [5.74, 6) is 0.896. The molecule has 0 aliphatic rings. The Balaban J connectivity index is 2.35. The van der Waals surface area contributed by atoms with Gasteiger partial charge in [-0.15, -0.1) is 0 Å². The molecule has 0 aliphatic heterocycles. The first kappa shape index (κ1) is 19.4. The molecule has 0 saturated carbocycles. The van der Waals surface area contributed by atoms with Crippen molar-refractivity contribution >= 4 is 37.6 Å². The molecule has 0 aromatic heterocycles. The van der Waals surface area contributed by atoms with Crippen LogP contribution in [0.25, 0.3) is 0 Å². The minimum atomic E-state index is -0.303. The van der Waals surface area contributed by atoms with Crippen LogP contribution in [-0.4, -0.2) is 10.6 Å². The largest absolute Gasteiger partial charge is 0.293 e. The first-order chi connectivity index (χ1) is 11.3. The number of carbonyl (C=O) groups excluding carboxylic acids is 1. The Labute approximate surface area is 162 Å². The number of rotatable bonds is 6. The first-order valence-electron chi connectivity index (χ1n) is 8.34. The Hall–Kier alpha value is -0.930. The Kier molecular flexibility index (Phi) is 6.82. The molecule has 2 unspecified atom stereocenters. The molecule has 128 valence electrons. The van der Waals surface area contributed by atoms with Crippen molar-refractivity contribution in [2.45, 2.75) is 49.2 Å². The van der Waals surface area contributed by atoms with E-state index in [2.05, 4.69) is 71.7 Å². The fraction of sp³-hybridized carbons (Fsp3) is 0.381. The molecule has 0 spiro atoms. The predicted molar refractivity (Wildman–Crippen MR) is 110 cm³/mol. The van der Waals surface area contributed by atoms with Crippen LogP contribution < -0.4 is 0 Å². The van der Waals surface area contributed by atoms with Gasteiger partial charge in [0, 0.05) is 5.56 Å². The van der Waals surface area contributed by atoms with Crippen molar-refractivity contribution in [2.24, 2.45) is 0 Å². The SMILES string of the molecule is CC(C)c1ccc(C(=O)C(Br)C(Br)c2ccccc2)c(C(C)C)c1. The topological polar surface area (TPSA) is 17.1 Å². The van der Waals surface area contributed by atoms with Crippen LogP contribution in [0.4, 0.5) is 0 Å². The molecule has 0 fully saturated rings. The second-order valence-corrected chi connectivity index (χ2v) is 8.71. The lowest BCUT2D eigenvalue weighted by Crippen LogP contribution is -2.21. The Bertz CT molecular complexity index is 692. The normalized spacial score (nSPS) is 14.0. The Morgan fingerprint density at radius 1 is 0.833 bits per heavy atom. The summed E-state index contributed by atoms with van der Waals surface area (Å²) in [5, 5.41) is 0. The zero-order chi connectivity index (χ0) is 17.9. The van der Waals surface area contributed by atoms with E-state index in [0.29, 0.717) is 11.8 Å². The highest BCUT2D eigenvalue weighted by molar-refractivity contribution is 9.12. The van der Waals surface area contributed by atoms with Gasteiger partial charge >= 0.3 is 0 Å². The third-order valence-corrected chi connectivity index (χ3v) is 6.97. The minimum absolute atomic E-state index is 0.0593. The maximum Gasteiger partial charge on any atom is 0.178 e. The van der Waals surface area contributed by atoms with Crippen molar-refractivity contribution in [3.63, 3.8) is 0 Å². The molecule has 2 atom stereocenters. The van der Waals surface area contributed by atoms with Gasteiger partial charge in [-0.25, -0.2) is 0 Å². The van der Waals surface area contributed by atoms with Crippen LogP contribution >= 0.6 is 31.9 Å². The van der Waals surface area contributed by atoms with Gasteiger partial charge in [0.1, 0.15) is 0 Å². The van der Waals surface area contributed by atoms with Crippen LogP contribution in [0.1, 0.15) is 71.4 Å². The number of hydrogen-bond acceptors (Lipinski definition) is 1. The van der Waals surface area contributed by atoms with E-state index in [1.807, 2.05) is 36.4 Å². The highest BCUT2D eigenvalue weighted by Crippen LogP contribution is 2.35. The highest BCUT2D eigenvalue weighted by Gasteiger charge is 2.28. The molecule has 0 saturated heterocycles. The van der Waals surface area contributed by atoms with Gasteiger partial charge in [-0.3, -0.25) is 4.79 Å². The lowest BCUT2D eigenvalue weighted by atomic mass is 9.88. The highest BCUT2D eigenvalue weighted by atomic mass is 79.9. The molecular formula is C21H24Br2O. The molecule has 2 aromatic carbocycles. The number of hydrogen-bond donors (Lipinski definition) is 0. The number of ketones is 1. The van der Waals surface area contributed by atoms with E-state index >= 15 is 0 Å². The van der Waals surface area contributed by atoms with Gasteiger partial charge < -0.3 is 0 Å². The summed E-state index contributed by atoms with van der Waals surface area (Å²) in [6.45, 7) is 8.64. The van der Waals surface area contributed by atoms with E-state index in [0.717, 1.165) is 16.7 Å². The standard InChI is InChI=1S/C21H24Br2O/c1-13(2)16-10-11-17(18(12-16)14(3)4)21(24)20(23)19(22)15-8-6-5-7-9-15/h5-14,19-20H,1-4H3. The summed E-state index contributed by atoms with van der Waals surface area (Å²) >= 11 is 7.30. The third kappa shape index (κ3) is 4.37. The van der Waals surface area contributed by atoms with Crippen molar-refractivity contribution in [3.8, 4) is 0 Å². The zero-order valence-electron chi connectivity index (χ0n) is 14.6. The smallest absolute Gasteiger partial charge is 0.178 e. The molecule has 2 aromatic rings. The van der Waals surface area contributed by atoms with Crippen LogP contribution in [0.3, 0.4) is 0 Å². The number of carbonyl (C=O) groups is 1. The van der Waals surface area contributed by atoms with Crippen LogP contribution in [0.15, 0.2) is 48.5 Å². The molecular weight excluding hydrogens is 428 g/mol. The summed E-state index contributed by atoms with van der Waals surface area (Å²) in [5.41, 5.74) is 4.32. The molecule has 0 bridgehead atoms. The summed E-state index contributed by atoms with van der Waals surface area (Å²) in [6, 6.07) is 16.3. The van der Waals surface area contributed by atoms with Crippen LogP contribution in [0.2, 0.25) is 0 Å². The van der Waals surface area contributed by atoms with Gasteiger partial charge in [0.15, 0.2) is 5.78 Å². The van der Waals surface area contributed by atoms with Crippen molar-refractivity contribution in [1.82, 2.24) is 0 Å². The maximum atomic E-state index is 13.1. The molecule has 0 N–H and O–H groups in total. The van der Waals surface area contributed by atoms with Gasteiger partial charge in [0.2, 0.25) is 0 Å². The van der Waals surface area contributed by atoms with Crippen molar-refractivity contribution in [3.05, 3.63) is 70.8 Å². The molecule has 0 amide bonds. The molecule has 2 rings (SSSR count). The van der Waals surface area contributed by atoms with Crippen LogP contribution in [0, 0.1) is 0 Å². The fourth-order valence-corrected chi connectivity index (χ4v) is 3.83. The summed E-state index contributed by atoms with van der Waals surface area (Å²) < 4.78 is 0. The zero-order valence-corrected chi connectivity index (χ0v) is 17.8. The number of halogens is 2. The van der Waals surface area contributed by atoms with E-state index in [1.54, 1.807) is 0 Å². The molecule has 0 heterocycles. The van der Waals surface area contributed by atoms with Crippen molar-refractivity contribution < 1.29 is 4.79 Å². The molecule has 0 aliphatic carbocycles. The van der Waals surface area contributed by atoms with Crippen LogP contribution in [0.5, 0.6) is 0 Å². The molecule has 1 nitrogen and oxygen atoms in total. The summed E-state index contributed by atoms with van der Waals surface area (Å²) in [4.78, 5) is 12.7. The van der Waals surface area contributed by atoms with Gasteiger partial charge in [-0.1, -0.05) is 108 Å². The first-order valence-corrected chi connectivity index (χ1v) is 10.2. The van der Waals surface area contributed by atoms with Crippen molar-refractivity contribution in [1.29, 1.82) is 0 Å². The maximum absolute atomic E-state index is 13.1. The van der Waals surface area contributed by atoms with Gasteiger partial charge in [0.25, 0.3) is 0 Å². The van der Waals surface area contributed by atoms with E-state index in [-0.39, 0.29) is 15.4 Å².